The van der Waals surface area contributed by atoms with Crippen molar-refractivity contribution in [3.8, 4) is 0 Å². The van der Waals surface area contributed by atoms with Crippen LogP contribution in [0.15, 0.2) is 0 Å². The molecule has 1 fully saturated rings. The number of carbonyl (C=O) groups excluding carboxylic acids is 2. The molecule has 1 aliphatic carbocycles. The Morgan fingerprint density at radius 2 is 1.84 bits per heavy atom. The summed E-state index contributed by atoms with van der Waals surface area (Å²) in [6.07, 6.45) is 4.29. The molecule has 3 amide bonds. The van der Waals surface area contributed by atoms with E-state index in [0.717, 1.165) is 25.7 Å². The van der Waals surface area contributed by atoms with Crippen molar-refractivity contribution < 1.29 is 14.3 Å². The highest BCUT2D eigenvalue weighted by molar-refractivity contribution is 5.79. The van der Waals surface area contributed by atoms with Crippen molar-refractivity contribution >= 4 is 11.9 Å². The lowest BCUT2D eigenvalue weighted by atomic mass is 10.1. The van der Waals surface area contributed by atoms with Crippen LogP contribution in [0.4, 0.5) is 4.79 Å². The van der Waals surface area contributed by atoms with Gasteiger partial charge in [0.25, 0.3) is 0 Å². The average Bonchev–Trinajstić information content (AvgIpc) is 2.88. The molecule has 6 heteroatoms. The number of methoxy groups -OCH3 is 1. The van der Waals surface area contributed by atoms with Crippen LogP contribution in [0.3, 0.4) is 0 Å². The first-order chi connectivity index (χ1) is 9.13. The molecule has 110 valence electrons. The van der Waals surface area contributed by atoms with E-state index in [9.17, 15) is 9.59 Å². The van der Waals surface area contributed by atoms with Crippen LogP contribution in [0.2, 0.25) is 0 Å². The Labute approximate surface area is 114 Å². The first kappa shape index (κ1) is 15.8. The minimum absolute atomic E-state index is 0.0296. The van der Waals surface area contributed by atoms with E-state index in [0.29, 0.717) is 19.7 Å². The van der Waals surface area contributed by atoms with Gasteiger partial charge in [-0.15, -0.1) is 0 Å². The second-order valence-corrected chi connectivity index (χ2v) is 5.03. The third-order valence-electron chi connectivity index (χ3n) is 3.23. The maximum atomic E-state index is 11.7. The third kappa shape index (κ3) is 6.42. The summed E-state index contributed by atoms with van der Waals surface area (Å²) in [5.41, 5.74) is 0. The van der Waals surface area contributed by atoms with Crippen LogP contribution in [-0.2, 0) is 9.53 Å². The van der Waals surface area contributed by atoms with Crippen molar-refractivity contribution in [3.05, 3.63) is 0 Å². The summed E-state index contributed by atoms with van der Waals surface area (Å²) < 4.78 is 4.92. The molecular weight excluding hydrogens is 246 g/mol. The highest BCUT2D eigenvalue weighted by Crippen LogP contribution is 2.24. The second kappa shape index (κ2) is 8.74. The molecule has 6 nitrogen and oxygen atoms in total. The third-order valence-corrected chi connectivity index (χ3v) is 3.23. The Morgan fingerprint density at radius 3 is 2.47 bits per heavy atom. The van der Waals surface area contributed by atoms with Gasteiger partial charge in [-0.05, 0) is 19.8 Å². The number of nitrogens with one attached hydrogen (secondary N) is 3. The van der Waals surface area contributed by atoms with E-state index in [4.69, 9.17) is 4.74 Å². The van der Waals surface area contributed by atoms with Crippen molar-refractivity contribution in [1.29, 1.82) is 0 Å². The van der Waals surface area contributed by atoms with Crippen molar-refractivity contribution in [2.75, 3.05) is 26.8 Å². The summed E-state index contributed by atoms with van der Waals surface area (Å²) in [6.45, 7) is 3.25. The molecule has 19 heavy (non-hydrogen) atoms. The Bertz CT molecular complexity index is 291. The van der Waals surface area contributed by atoms with Gasteiger partial charge in [0.2, 0.25) is 5.91 Å². The van der Waals surface area contributed by atoms with Crippen LogP contribution in [-0.4, -0.2) is 44.8 Å². The van der Waals surface area contributed by atoms with Gasteiger partial charge < -0.3 is 20.7 Å². The molecule has 0 saturated heterocycles. The van der Waals surface area contributed by atoms with Gasteiger partial charge in [0, 0.05) is 26.1 Å². The van der Waals surface area contributed by atoms with Crippen molar-refractivity contribution in [2.24, 2.45) is 5.92 Å². The van der Waals surface area contributed by atoms with E-state index in [1.807, 2.05) is 6.92 Å². The summed E-state index contributed by atoms with van der Waals surface area (Å²) in [5, 5.41) is 8.29. The van der Waals surface area contributed by atoms with E-state index in [1.54, 1.807) is 7.11 Å². The zero-order chi connectivity index (χ0) is 14.1. The summed E-state index contributed by atoms with van der Waals surface area (Å²) in [4.78, 5) is 23.1. The molecule has 0 spiro atoms. The fourth-order valence-corrected chi connectivity index (χ4v) is 2.26. The summed E-state index contributed by atoms with van der Waals surface area (Å²) in [7, 11) is 1.59. The SMILES string of the molecule is COCC(C)NC(=O)NCCNC(=O)C1CCCC1. The van der Waals surface area contributed by atoms with E-state index < -0.39 is 0 Å². The lowest BCUT2D eigenvalue weighted by Crippen LogP contribution is -2.45. The lowest BCUT2D eigenvalue weighted by molar-refractivity contribution is -0.124. The van der Waals surface area contributed by atoms with E-state index >= 15 is 0 Å². The molecule has 0 aromatic heterocycles. The van der Waals surface area contributed by atoms with Gasteiger partial charge in [0.1, 0.15) is 0 Å². The first-order valence-electron chi connectivity index (χ1n) is 6.94. The van der Waals surface area contributed by atoms with Gasteiger partial charge in [-0.1, -0.05) is 12.8 Å². The first-order valence-corrected chi connectivity index (χ1v) is 6.94. The number of amides is 3. The number of hydrogen-bond acceptors (Lipinski definition) is 3. The number of hydrogen-bond donors (Lipinski definition) is 3. The molecular formula is C13H25N3O3. The number of rotatable bonds is 7. The Balaban J connectivity index is 2.03. The molecule has 0 bridgehead atoms. The molecule has 3 N–H and O–H groups in total. The van der Waals surface area contributed by atoms with E-state index in [2.05, 4.69) is 16.0 Å². The topological polar surface area (TPSA) is 79.5 Å². The smallest absolute Gasteiger partial charge is 0.315 e. The van der Waals surface area contributed by atoms with Crippen molar-refractivity contribution in [3.63, 3.8) is 0 Å². The minimum Gasteiger partial charge on any atom is -0.383 e. The Hall–Kier alpha value is -1.30. The van der Waals surface area contributed by atoms with Crippen molar-refractivity contribution in [1.82, 2.24) is 16.0 Å². The molecule has 1 aliphatic rings. The molecule has 1 unspecified atom stereocenters. The van der Waals surface area contributed by atoms with Crippen molar-refractivity contribution in [2.45, 2.75) is 38.6 Å². The fraction of sp³-hybridized carbons (Fsp3) is 0.846. The van der Waals surface area contributed by atoms with E-state index in [-0.39, 0.29) is 23.9 Å². The molecule has 0 radical (unpaired) electrons. The standard InChI is InChI=1S/C13H25N3O3/c1-10(9-19-2)16-13(18)15-8-7-14-12(17)11-5-3-4-6-11/h10-11H,3-9H2,1-2H3,(H,14,17)(H2,15,16,18). The number of urea groups is 1. The lowest BCUT2D eigenvalue weighted by Gasteiger charge is -2.14. The van der Waals surface area contributed by atoms with Crippen LogP contribution in [0.25, 0.3) is 0 Å². The highest BCUT2D eigenvalue weighted by Gasteiger charge is 2.21. The van der Waals surface area contributed by atoms with Gasteiger partial charge >= 0.3 is 6.03 Å². The van der Waals surface area contributed by atoms with Crippen LogP contribution < -0.4 is 16.0 Å². The Morgan fingerprint density at radius 1 is 1.21 bits per heavy atom. The number of carbonyl (C=O) groups is 2. The Kier molecular flexibility index (Phi) is 7.25. The summed E-state index contributed by atoms with van der Waals surface area (Å²) in [5.74, 6) is 0.294. The molecule has 1 atom stereocenters. The zero-order valence-electron chi connectivity index (χ0n) is 11.8. The summed E-state index contributed by atoms with van der Waals surface area (Å²) >= 11 is 0. The quantitative estimate of drug-likeness (QED) is 0.594. The average molecular weight is 271 g/mol. The molecule has 1 rings (SSSR count). The van der Waals surface area contributed by atoms with Crippen LogP contribution in [0.5, 0.6) is 0 Å². The molecule has 0 aromatic carbocycles. The van der Waals surface area contributed by atoms with Crippen LogP contribution in [0.1, 0.15) is 32.6 Å². The van der Waals surface area contributed by atoms with Crippen LogP contribution >= 0.6 is 0 Å². The maximum absolute atomic E-state index is 11.7. The molecule has 0 aliphatic heterocycles. The predicted octanol–water partition coefficient (Wildman–Crippen LogP) is 0.627. The normalized spacial score (nSPS) is 16.9. The summed E-state index contributed by atoms with van der Waals surface area (Å²) in [6, 6.07) is -0.266. The van der Waals surface area contributed by atoms with Gasteiger partial charge in [-0.3, -0.25) is 4.79 Å². The minimum atomic E-state index is -0.236. The predicted molar refractivity (Wildman–Crippen MR) is 72.8 cm³/mol. The molecule has 0 heterocycles. The van der Waals surface area contributed by atoms with Gasteiger partial charge in [0.05, 0.1) is 12.6 Å². The highest BCUT2D eigenvalue weighted by atomic mass is 16.5. The monoisotopic (exact) mass is 271 g/mol. The maximum Gasteiger partial charge on any atom is 0.315 e. The molecule has 1 saturated carbocycles. The zero-order valence-corrected chi connectivity index (χ0v) is 11.8. The van der Waals surface area contributed by atoms with Gasteiger partial charge in [0.15, 0.2) is 0 Å². The number of ether oxygens (including phenoxy) is 1. The largest absolute Gasteiger partial charge is 0.383 e. The second-order valence-electron chi connectivity index (χ2n) is 5.03. The fourth-order valence-electron chi connectivity index (χ4n) is 2.26. The van der Waals surface area contributed by atoms with E-state index in [1.165, 1.54) is 0 Å². The molecule has 0 aromatic rings. The van der Waals surface area contributed by atoms with Crippen LogP contribution in [0, 0.1) is 5.92 Å². The van der Waals surface area contributed by atoms with Gasteiger partial charge in [-0.25, -0.2) is 4.79 Å². The van der Waals surface area contributed by atoms with Gasteiger partial charge in [-0.2, -0.15) is 0 Å².